The summed E-state index contributed by atoms with van der Waals surface area (Å²) >= 11 is 6.37. The fourth-order valence-corrected chi connectivity index (χ4v) is 3.32. The zero-order valence-corrected chi connectivity index (χ0v) is 15.0. The molecule has 6 heteroatoms. The van der Waals surface area contributed by atoms with Gasteiger partial charge in [-0.1, -0.05) is 30.7 Å². The second-order valence-electron chi connectivity index (χ2n) is 6.30. The summed E-state index contributed by atoms with van der Waals surface area (Å²) in [6, 6.07) is 11.7. The van der Waals surface area contributed by atoms with Gasteiger partial charge in [0, 0.05) is 12.6 Å². The third-order valence-electron chi connectivity index (χ3n) is 4.34. The molecule has 1 unspecified atom stereocenters. The Morgan fingerprint density at radius 2 is 2.04 bits per heavy atom. The van der Waals surface area contributed by atoms with E-state index in [-0.39, 0.29) is 10.3 Å². The van der Waals surface area contributed by atoms with Crippen molar-refractivity contribution in [3.05, 3.63) is 59.1 Å². The molecule has 1 atom stereocenters. The van der Waals surface area contributed by atoms with Crippen molar-refractivity contribution in [2.75, 3.05) is 7.05 Å². The number of quaternary nitrogens is 1. The van der Waals surface area contributed by atoms with Crippen molar-refractivity contribution < 1.29 is 9.18 Å². The number of hydrogen-bond acceptors (Lipinski definition) is 2. The number of carbonyl (C=O) groups excluding carboxylic acids is 1. The van der Waals surface area contributed by atoms with Gasteiger partial charge in [-0.15, -0.1) is 0 Å². The molecular formula is C19H20ClFN3O+. The first-order valence-corrected chi connectivity index (χ1v) is 8.57. The quantitative estimate of drug-likeness (QED) is 0.478. The van der Waals surface area contributed by atoms with Gasteiger partial charge in [0.1, 0.15) is 18.0 Å². The van der Waals surface area contributed by atoms with Crippen LogP contribution in [0.15, 0.2) is 42.5 Å². The predicted molar refractivity (Wildman–Crippen MR) is 98.9 cm³/mol. The Bertz CT molecular complexity index is 924. The van der Waals surface area contributed by atoms with Crippen LogP contribution in [0, 0.1) is 5.82 Å². The first-order valence-electron chi connectivity index (χ1n) is 8.20. The van der Waals surface area contributed by atoms with E-state index in [0.29, 0.717) is 17.3 Å². The van der Waals surface area contributed by atoms with E-state index >= 15 is 0 Å². The Balaban J connectivity index is 2.11. The van der Waals surface area contributed by atoms with Crippen LogP contribution in [0.5, 0.6) is 0 Å². The number of para-hydroxylation sites is 1. The van der Waals surface area contributed by atoms with Crippen LogP contribution in [0.25, 0.3) is 11.0 Å². The minimum absolute atomic E-state index is 0.0948. The average molecular weight is 361 g/mol. The second-order valence-corrected chi connectivity index (χ2v) is 6.71. The van der Waals surface area contributed by atoms with Crippen molar-refractivity contribution in [2.24, 2.45) is 0 Å². The van der Waals surface area contributed by atoms with Crippen LogP contribution in [0.3, 0.4) is 0 Å². The minimum Gasteiger partial charge on any atom is -0.322 e. The van der Waals surface area contributed by atoms with Crippen LogP contribution in [0.4, 0.5) is 10.1 Å². The van der Waals surface area contributed by atoms with Gasteiger partial charge < -0.3 is 4.57 Å². The molecule has 0 aliphatic carbocycles. The summed E-state index contributed by atoms with van der Waals surface area (Å²) in [6.07, 6.45) is 1.72. The Labute approximate surface area is 151 Å². The van der Waals surface area contributed by atoms with E-state index in [0.717, 1.165) is 36.2 Å². The number of hydrogen-bond donors (Lipinski definition) is 0. The van der Waals surface area contributed by atoms with E-state index in [1.165, 1.54) is 12.1 Å². The monoisotopic (exact) mass is 360 g/mol. The SMILES string of the molecule is CCCn1c(C[N+](C)(C=O)c2cccc(F)c2)nc2cccc(Cl)c21. The lowest BCUT2D eigenvalue weighted by Crippen LogP contribution is -2.43. The van der Waals surface area contributed by atoms with Gasteiger partial charge in [0.2, 0.25) is 0 Å². The van der Waals surface area contributed by atoms with E-state index in [9.17, 15) is 9.18 Å². The van der Waals surface area contributed by atoms with Crippen LogP contribution in [0.2, 0.25) is 5.02 Å². The summed E-state index contributed by atoms with van der Waals surface area (Å²) < 4.78 is 15.6. The molecule has 130 valence electrons. The minimum atomic E-state index is -0.367. The molecule has 1 aromatic heterocycles. The van der Waals surface area contributed by atoms with Crippen LogP contribution in [-0.4, -0.2) is 23.0 Å². The average Bonchev–Trinajstić information content (AvgIpc) is 2.93. The van der Waals surface area contributed by atoms with Gasteiger partial charge in [0.25, 0.3) is 0 Å². The molecule has 4 nitrogen and oxygen atoms in total. The van der Waals surface area contributed by atoms with Crippen molar-refractivity contribution >= 4 is 34.7 Å². The standard InChI is InChI=1S/C19H20ClFN3O/c1-3-10-23-18(22-17-9-5-8-16(20)19(17)23)12-24(2,13-25)15-7-4-6-14(21)11-15/h4-9,11,13H,3,10,12H2,1-2H3/q+1. The summed E-state index contributed by atoms with van der Waals surface area (Å²) in [4.78, 5) is 16.6. The molecule has 0 N–H and O–H groups in total. The van der Waals surface area contributed by atoms with Crippen LogP contribution in [-0.2, 0) is 17.9 Å². The number of fused-ring (bicyclic) bond motifs is 1. The van der Waals surface area contributed by atoms with Gasteiger partial charge in [-0.3, -0.25) is 0 Å². The maximum atomic E-state index is 13.6. The lowest BCUT2D eigenvalue weighted by atomic mass is 10.2. The molecule has 25 heavy (non-hydrogen) atoms. The molecule has 0 fully saturated rings. The lowest BCUT2D eigenvalue weighted by molar-refractivity contribution is -0.117. The van der Waals surface area contributed by atoms with E-state index < -0.39 is 0 Å². The summed E-state index contributed by atoms with van der Waals surface area (Å²) in [6.45, 7) is 3.14. The predicted octanol–water partition coefficient (Wildman–Crippen LogP) is 4.53. The molecule has 3 rings (SSSR count). The maximum absolute atomic E-state index is 13.6. The molecule has 0 aliphatic heterocycles. The third-order valence-corrected chi connectivity index (χ3v) is 4.65. The van der Waals surface area contributed by atoms with Gasteiger partial charge in [0.15, 0.2) is 5.82 Å². The number of rotatable bonds is 6. The highest BCUT2D eigenvalue weighted by molar-refractivity contribution is 6.35. The summed E-state index contributed by atoms with van der Waals surface area (Å²) in [7, 11) is 1.75. The maximum Gasteiger partial charge on any atom is 0.306 e. The normalized spacial score (nSPS) is 13.8. The number of amides is 1. The van der Waals surface area contributed by atoms with Crippen LogP contribution in [0.1, 0.15) is 19.2 Å². The highest BCUT2D eigenvalue weighted by Gasteiger charge is 2.29. The molecule has 0 radical (unpaired) electrons. The third kappa shape index (κ3) is 3.30. The first kappa shape index (κ1) is 17.6. The topological polar surface area (TPSA) is 34.9 Å². The Morgan fingerprint density at radius 3 is 2.72 bits per heavy atom. The van der Waals surface area contributed by atoms with Crippen molar-refractivity contribution in [3.8, 4) is 0 Å². The van der Waals surface area contributed by atoms with Crippen molar-refractivity contribution in [1.82, 2.24) is 14.0 Å². The van der Waals surface area contributed by atoms with Gasteiger partial charge in [-0.25, -0.2) is 18.7 Å². The zero-order valence-electron chi connectivity index (χ0n) is 14.2. The van der Waals surface area contributed by atoms with Crippen molar-refractivity contribution in [3.63, 3.8) is 0 Å². The molecule has 0 spiro atoms. The Morgan fingerprint density at radius 1 is 1.28 bits per heavy atom. The van der Waals surface area contributed by atoms with Gasteiger partial charge in [0.05, 0.1) is 23.1 Å². The Kier molecular flexibility index (Phi) is 4.88. The molecule has 0 saturated heterocycles. The van der Waals surface area contributed by atoms with Gasteiger partial charge >= 0.3 is 6.41 Å². The second kappa shape index (κ2) is 6.94. The zero-order chi connectivity index (χ0) is 18.0. The molecule has 3 aromatic rings. The number of halogens is 2. The Hall–Kier alpha value is -2.24. The molecule has 0 aliphatic rings. The summed E-state index contributed by atoms with van der Waals surface area (Å²) in [5.74, 6) is 0.387. The number of aromatic nitrogens is 2. The number of aryl methyl sites for hydroxylation is 1. The molecule has 1 heterocycles. The molecule has 1 amide bonds. The molecule has 2 aromatic carbocycles. The van der Waals surface area contributed by atoms with Crippen molar-refractivity contribution in [1.29, 1.82) is 0 Å². The van der Waals surface area contributed by atoms with Gasteiger partial charge in [-0.2, -0.15) is 0 Å². The van der Waals surface area contributed by atoms with E-state index in [4.69, 9.17) is 11.6 Å². The fraction of sp³-hybridized carbons (Fsp3) is 0.263. The highest BCUT2D eigenvalue weighted by atomic mass is 35.5. The number of imidazole rings is 1. The van der Waals surface area contributed by atoms with Gasteiger partial charge in [-0.05, 0) is 30.7 Å². The smallest absolute Gasteiger partial charge is 0.306 e. The first-order chi connectivity index (χ1) is 12.0. The summed E-state index contributed by atoms with van der Waals surface area (Å²) in [5.41, 5.74) is 2.25. The highest BCUT2D eigenvalue weighted by Crippen LogP contribution is 2.28. The van der Waals surface area contributed by atoms with Crippen molar-refractivity contribution in [2.45, 2.75) is 26.4 Å². The molecule has 0 saturated carbocycles. The molecule has 0 bridgehead atoms. The fourth-order valence-electron chi connectivity index (χ4n) is 3.05. The molecular weight excluding hydrogens is 341 g/mol. The number of nitrogens with zero attached hydrogens (tertiary/aromatic N) is 3. The van der Waals surface area contributed by atoms with Crippen LogP contribution < -0.4 is 4.48 Å². The lowest BCUT2D eigenvalue weighted by Gasteiger charge is -2.26. The summed E-state index contributed by atoms with van der Waals surface area (Å²) in [5, 5.41) is 0.635. The van der Waals surface area contributed by atoms with E-state index in [1.54, 1.807) is 19.2 Å². The van der Waals surface area contributed by atoms with Crippen LogP contribution >= 0.6 is 11.6 Å². The van der Waals surface area contributed by atoms with E-state index in [1.807, 2.05) is 18.2 Å². The largest absolute Gasteiger partial charge is 0.322 e. The van der Waals surface area contributed by atoms with E-state index in [2.05, 4.69) is 16.5 Å². The number of benzene rings is 2. The number of carbonyl (C=O) groups is 1.